The summed E-state index contributed by atoms with van der Waals surface area (Å²) in [5.74, 6) is -0.848. The minimum atomic E-state index is -3.86. The number of phenolic OH excluding ortho intramolecular Hbond substituents is 2. The normalized spacial score (nSPS) is 11.4. The van der Waals surface area contributed by atoms with Gasteiger partial charge in [0, 0.05) is 29.9 Å². The Balaban J connectivity index is 1.95. The van der Waals surface area contributed by atoms with Crippen LogP contribution in [0.15, 0.2) is 59.5 Å². The number of phenols is 2. The first kappa shape index (κ1) is 18.7. The van der Waals surface area contributed by atoms with E-state index in [4.69, 9.17) is 0 Å². The van der Waals surface area contributed by atoms with E-state index in [0.29, 0.717) is 22.0 Å². The van der Waals surface area contributed by atoms with Gasteiger partial charge in [0.15, 0.2) is 11.5 Å². The first-order valence-electron chi connectivity index (χ1n) is 8.08. The van der Waals surface area contributed by atoms with Crippen molar-refractivity contribution in [1.29, 1.82) is 0 Å². The molecule has 4 N–H and O–H groups in total. The molecule has 7 nitrogen and oxygen atoms in total. The van der Waals surface area contributed by atoms with Crippen LogP contribution in [-0.4, -0.2) is 24.5 Å². The van der Waals surface area contributed by atoms with Crippen LogP contribution in [0.3, 0.4) is 0 Å². The molecule has 0 radical (unpaired) electrons. The molecule has 140 valence electrons. The molecule has 0 saturated carbocycles. The van der Waals surface area contributed by atoms with Crippen molar-refractivity contribution in [3.63, 3.8) is 0 Å². The van der Waals surface area contributed by atoms with Gasteiger partial charge in [-0.05, 0) is 29.8 Å². The van der Waals surface area contributed by atoms with Gasteiger partial charge >= 0.3 is 0 Å². The molecule has 3 aromatic rings. The lowest BCUT2D eigenvalue weighted by molar-refractivity contribution is -0.114. The zero-order valence-electron chi connectivity index (χ0n) is 14.4. The van der Waals surface area contributed by atoms with Crippen LogP contribution in [0.4, 0.5) is 5.69 Å². The van der Waals surface area contributed by atoms with Crippen molar-refractivity contribution < 1.29 is 23.4 Å². The number of rotatable bonds is 5. The van der Waals surface area contributed by atoms with Crippen molar-refractivity contribution in [2.45, 2.75) is 18.4 Å². The number of carbonyl (C=O) groups is 1. The van der Waals surface area contributed by atoms with Gasteiger partial charge in [0.1, 0.15) is 0 Å². The maximum atomic E-state index is 12.8. The Bertz CT molecular complexity index is 1130. The van der Waals surface area contributed by atoms with Gasteiger partial charge in [-0.25, -0.2) is 13.1 Å². The monoisotopic (exact) mass is 386 g/mol. The minimum absolute atomic E-state index is 0.0576. The molecule has 8 heteroatoms. The van der Waals surface area contributed by atoms with Crippen LogP contribution in [0.25, 0.3) is 10.8 Å². The number of fused-ring (bicyclic) bond motifs is 1. The second-order valence-electron chi connectivity index (χ2n) is 5.99. The quantitative estimate of drug-likeness (QED) is 0.503. The third-order valence-electron chi connectivity index (χ3n) is 3.99. The molecular weight excluding hydrogens is 368 g/mol. The second kappa shape index (κ2) is 7.26. The maximum absolute atomic E-state index is 12.8. The van der Waals surface area contributed by atoms with Gasteiger partial charge in [0.2, 0.25) is 15.9 Å². The highest BCUT2D eigenvalue weighted by atomic mass is 32.2. The number of amides is 1. The predicted molar refractivity (Wildman–Crippen MR) is 102 cm³/mol. The lowest BCUT2D eigenvalue weighted by Crippen LogP contribution is -2.23. The maximum Gasteiger partial charge on any atom is 0.241 e. The third-order valence-corrected chi connectivity index (χ3v) is 5.45. The van der Waals surface area contributed by atoms with E-state index < -0.39 is 10.0 Å². The summed E-state index contributed by atoms with van der Waals surface area (Å²) in [6.07, 6.45) is 0. The fraction of sp³-hybridized carbons (Fsp3) is 0.105. The summed E-state index contributed by atoms with van der Waals surface area (Å²) in [6, 6.07) is 13.9. The zero-order valence-corrected chi connectivity index (χ0v) is 15.2. The smallest absolute Gasteiger partial charge is 0.241 e. The fourth-order valence-electron chi connectivity index (χ4n) is 2.75. The molecule has 3 rings (SSSR count). The molecule has 3 aromatic carbocycles. The Kier molecular flexibility index (Phi) is 5.02. The van der Waals surface area contributed by atoms with Gasteiger partial charge in [-0.3, -0.25) is 4.79 Å². The Morgan fingerprint density at radius 2 is 1.67 bits per heavy atom. The van der Waals surface area contributed by atoms with Crippen molar-refractivity contribution in [1.82, 2.24) is 4.72 Å². The summed E-state index contributed by atoms with van der Waals surface area (Å²) in [5, 5.41) is 22.6. The van der Waals surface area contributed by atoms with Gasteiger partial charge in [-0.2, -0.15) is 0 Å². The summed E-state index contributed by atoms with van der Waals surface area (Å²) >= 11 is 0. The molecule has 0 fully saturated rings. The lowest BCUT2D eigenvalue weighted by Gasteiger charge is -2.12. The van der Waals surface area contributed by atoms with Gasteiger partial charge < -0.3 is 15.5 Å². The van der Waals surface area contributed by atoms with Gasteiger partial charge in [0.25, 0.3) is 0 Å². The SMILES string of the molecule is CC(=O)Nc1cccc2c(S(=O)(=O)NCc3ccc(O)c(O)c3)cccc12. The standard InChI is InChI=1S/C19H18N2O5S/c1-12(22)21-16-6-2-5-15-14(16)4-3-7-19(15)27(25,26)20-11-13-8-9-17(23)18(24)10-13/h2-10,20,23-24H,11H2,1H3,(H,21,22). The van der Waals surface area contributed by atoms with E-state index in [9.17, 15) is 23.4 Å². The largest absolute Gasteiger partial charge is 0.504 e. The third kappa shape index (κ3) is 4.02. The number of sulfonamides is 1. The van der Waals surface area contributed by atoms with Crippen molar-refractivity contribution in [3.8, 4) is 11.5 Å². The Hall–Kier alpha value is -3.10. The van der Waals surface area contributed by atoms with E-state index in [2.05, 4.69) is 10.0 Å². The van der Waals surface area contributed by atoms with Crippen LogP contribution in [0.1, 0.15) is 12.5 Å². The number of benzene rings is 3. The van der Waals surface area contributed by atoms with E-state index >= 15 is 0 Å². The predicted octanol–water partition coefficient (Wildman–Crippen LogP) is 2.69. The lowest BCUT2D eigenvalue weighted by atomic mass is 10.1. The van der Waals surface area contributed by atoms with E-state index in [1.54, 1.807) is 30.3 Å². The van der Waals surface area contributed by atoms with Crippen molar-refractivity contribution >= 4 is 32.4 Å². The molecule has 0 aliphatic heterocycles. The van der Waals surface area contributed by atoms with Crippen LogP contribution in [0, 0.1) is 0 Å². The molecule has 0 spiro atoms. The number of carbonyl (C=O) groups excluding carboxylic acids is 1. The number of aromatic hydroxyl groups is 2. The van der Waals surface area contributed by atoms with Crippen molar-refractivity contribution in [2.75, 3.05) is 5.32 Å². The average Bonchev–Trinajstić information content (AvgIpc) is 2.62. The number of hydrogen-bond donors (Lipinski definition) is 4. The molecule has 0 atom stereocenters. The summed E-state index contributed by atoms with van der Waals surface area (Å²) in [6.45, 7) is 1.33. The molecule has 0 unspecified atom stereocenters. The van der Waals surface area contributed by atoms with Crippen LogP contribution >= 0.6 is 0 Å². The van der Waals surface area contributed by atoms with E-state index in [1.807, 2.05) is 0 Å². The second-order valence-corrected chi connectivity index (χ2v) is 7.72. The summed E-state index contributed by atoms with van der Waals surface area (Å²) in [5.41, 5.74) is 1.02. The Morgan fingerprint density at radius 1 is 0.963 bits per heavy atom. The molecule has 0 aliphatic rings. The van der Waals surface area contributed by atoms with Gasteiger partial charge in [-0.15, -0.1) is 0 Å². The van der Waals surface area contributed by atoms with Crippen LogP contribution in [-0.2, 0) is 21.4 Å². The average molecular weight is 386 g/mol. The molecule has 0 saturated heterocycles. The molecule has 0 heterocycles. The van der Waals surface area contributed by atoms with E-state index in [1.165, 1.54) is 31.2 Å². The molecule has 0 aliphatic carbocycles. The van der Waals surface area contributed by atoms with Gasteiger partial charge in [0.05, 0.1) is 4.90 Å². The molecule has 0 aromatic heterocycles. The zero-order chi connectivity index (χ0) is 19.6. The molecular formula is C19H18N2O5S. The number of anilines is 1. The fourth-order valence-corrected chi connectivity index (χ4v) is 3.99. The number of nitrogens with one attached hydrogen (secondary N) is 2. The highest BCUT2D eigenvalue weighted by molar-refractivity contribution is 7.89. The number of hydrogen-bond acceptors (Lipinski definition) is 5. The molecule has 0 bridgehead atoms. The summed E-state index contributed by atoms with van der Waals surface area (Å²) in [4.78, 5) is 11.4. The van der Waals surface area contributed by atoms with Crippen LogP contribution < -0.4 is 10.0 Å². The van der Waals surface area contributed by atoms with E-state index in [-0.39, 0.29) is 28.8 Å². The van der Waals surface area contributed by atoms with Crippen LogP contribution in [0.5, 0.6) is 11.5 Å². The van der Waals surface area contributed by atoms with Crippen LogP contribution in [0.2, 0.25) is 0 Å². The molecule has 1 amide bonds. The minimum Gasteiger partial charge on any atom is -0.504 e. The van der Waals surface area contributed by atoms with Gasteiger partial charge in [-0.1, -0.05) is 30.3 Å². The highest BCUT2D eigenvalue weighted by Crippen LogP contribution is 2.29. The Labute approximate surface area is 156 Å². The van der Waals surface area contributed by atoms with Crippen molar-refractivity contribution in [3.05, 3.63) is 60.2 Å². The first-order valence-corrected chi connectivity index (χ1v) is 9.56. The molecule has 27 heavy (non-hydrogen) atoms. The van der Waals surface area contributed by atoms with E-state index in [0.717, 1.165) is 0 Å². The highest BCUT2D eigenvalue weighted by Gasteiger charge is 2.18. The Morgan fingerprint density at radius 3 is 2.37 bits per heavy atom. The topological polar surface area (TPSA) is 116 Å². The van der Waals surface area contributed by atoms with Crippen molar-refractivity contribution in [2.24, 2.45) is 0 Å². The summed E-state index contributed by atoms with van der Waals surface area (Å²) < 4.78 is 28.1. The summed E-state index contributed by atoms with van der Waals surface area (Å²) in [7, 11) is -3.86. The first-order chi connectivity index (χ1) is 12.8.